The zero-order chi connectivity index (χ0) is 8.32. The molecule has 3 heteroatoms. The van der Waals surface area contributed by atoms with Crippen LogP contribution in [0.2, 0.25) is 0 Å². The van der Waals surface area contributed by atoms with Crippen molar-refractivity contribution in [2.45, 2.75) is 12.6 Å². The fourth-order valence-corrected chi connectivity index (χ4v) is 0.771. The van der Waals surface area contributed by atoms with E-state index < -0.39 is 12.6 Å². The molecule has 0 saturated heterocycles. The average molecular weight is 159 g/mol. The second-order valence-corrected chi connectivity index (χ2v) is 2.20. The molecular formula is C8H6F3. The van der Waals surface area contributed by atoms with Crippen LogP contribution in [0.4, 0.5) is 13.2 Å². The molecule has 0 nitrogen and oxygen atoms in total. The maximum Gasteiger partial charge on any atom is 0.393 e. The van der Waals surface area contributed by atoms with E-state index in [2.05, 4.69) is 6.07 Å². The summed E-state index contributed by atoms with van der Waals surface area (Å²) >= 11 is 0. The Labute approximate surface area is 62.7 Å². The standard InChI is InChI=1S/C8H6F3/c9-8(10,11)6-7-4-2-1-3-5-7/h2-5H,6H2. The molecule has 0 amide bonds. The molecule has 1 rings (SSSR count). The summed E-state index contributed by atoms with van der Waals surface area (Å²) in [6.45, 7) is 0. The van der Waals surface area contributed by atoms with E-state index in [9.17, 15) is 13.2 Å². The van der Waals surface area contributed by atoms with Gasteiger partial charge in [-0.15, -0.1) is 0 Å². The van der Waals surface area contributed by atoms with E-state index in [1.54, 1.807) is 0 Å². The lowest BCUT2D eigenvalue weighted by atomic mass is 10.1. The highest BCUT2D eigenvalue weighted by Gasteiger charge is 2.27. The Morgan fingerprint density at radius 2 is 1.73 bits per heavy atom. The number of hydrogen-bond acceptors (Lipinski definition) is 0. The maximum absolute atomic E-state index is 11.7. The Bertz CT molecular complexity index is 213. The molecule has 0 aliphatic rings. The molecule has 0 aliphatic carbocycles. The number of benzene rings is 1. The Morgan fingerprint density at radius 3 is 2.18 bits per heavy atom. The van der Waals surface area contributed by atoms with Crippen molar-refractivity contribution < 1.29 is 13.2 Å². The normalized spacial score (nSPS) is 11.5. The maximum atomic E-state index is 11.7. The molecule has 0 atom stereocenters. The van der Waals surface area contributed by atoms with Crippen molar-refractivity contribution in [3.63, 3.8) is 0 Å². The molecule has 0 aliphatic heterocycles. The van der Waals surface area contributed by atoms with Gasteiger partial charge in [0.1, 0.15) is 0 Å². The molecule has 0 fully saturated rings. The second-order valence-electron chi connectivity index (χ2n) is 2.20. The Balaban J connectivity index is 2.66. The van der Waals surface area contributed by atoms with Gasteiger partial charge in [-0.3, -0.25) is 0 Å². The summed E-state index contributed by atoms with van der Waals surface area (Å²) in [5.41, 5.74) is 0.274. The zero-order valence-corrected chi connectivity index (χ0v) is 5.65. The predicted octanol–water partition coefficient (Wildman–Crippen LogP) is 2.59. The largest absolute Gasteiger partial charge is 0.393 e. The SMILES string of the molecule is FC(F)(F)Cc1cc[c]cc1. The van der Waals surface area contributed by atoms with E-state index >= 15 is 0 Å². The molecule has 0 spiro atoms. The molecule has 59 valence electrons. The van der Waals surface area contributed by atoms with Gasteiger partial charge >= 0.3 is 6.18 Å². The smallest absolute Gasteiger partial charge is 0.171 e. The molecule has 0 aromatic heterocycles. The summed E-state index contributed by atoms with van der Waals surface area (Å²) in [5.74, 6) is 0. The van der Waals surface area contributed by atoms with Crippen LogP contribution < -0.4 is 0 Å². The van der Waals surface area contributed by atoms with Gasteiger partial charge in [0, 0.05) is 0 Å². The van der Waals surface area contributed by atoms with Crippen LogP contribution in [0, 0.1) is 6.07 Å². The predicted molar refractivity (Wildman–Crippen MR) is 35.0 cm³/mol. The summed E-state index contributed by atoms with van der Waals surface area (Å²) in [6.07, 6.45) is -4.97. The molecule has 0 heterocycles. The van der Waals surface area contributed by atoms with Crippen molar-refractivity contribution >= 4 is 0 Å². The van der Waals surface area contributed by atoms with Crippen LogP contribution in [0.3, 0.4) is 0 Å². The third-order valence-corrected chi connectivity index (χ3v) is 1.19. The van der Waals surface area contributed by atoms with Crippen LogP contribution >= 0.6 is 0 Å². The molecule has 0 unspecified atom stereocenters. The summed E-state index contributed by atoms with van der Waals surface area (Å²) < 4.78 is 35.2. The van der Waals surface area contributed by atoms with Gasteiger partial charge in [0.2, 0.25) is 0 Å². The van der Waals surface area contributed by atoms with Crippen LogP contribution in [0.5, 0.6) is 0 Å². The fraction of sp³-hybridized carbons (Fsp3) is 0.250. The molecule has 1 aromatic rings. The van der Waals surface area contributed by atoms with E-state index in [1.165, 1.54) is 24.3 Å². The van der Waals surface area contributed by atoms with E-state index in [0.29, 0.717) is 0 Å². The first-order valence-electron chi connectivity index (χ1n) is 3.10. The lowest BCUT2D eigenvalue weighted by Crippen LogP contribution is -2.11. The van der Waals surface area contributed by atoms with Gasteiger partial charge in [0.25, 0.3) is 0 Å². The van der Waals surface area contributed by atoms with Gasteiger partial charge in [-0.1, -0.05) is 24.3 Å². The van der Waals surface area contributed by atoms with Gasteiger partial charge in [0.05, 0.1) is 6.42 Å². The highest BCUT2D eigenvalue weighted by Crippen LogP contribution is 2.20. The zero-order valence-electron chi connectivity index (χ0n) is 5.65. The fourth-order valence-electron chi connectivity index (χ4n) is 0.771. The summed E-state index contributed by atoms with van der Waals surface area (Å²) in [7, 11) is 0. The molecule has 0 bridgehead atoms. The van der Waals surface area contributed by atoms with Crippen LogP contribution in [0.1, 0.15) is 5.56 Å². The minimum absolute atomic E-state index is 0.274. The highest BCUT2D eigenvalue weighted by atomic mass is 19.4. The third-order valence-electron chi connectivity index (χ3n) is 1.19. The number of rotatable bonds is 1. The monoisotopic (exact) mass is 159 g/mol. The van der Waals surface area contributed by atoms with Crippen molar-refractivity contribution in [2.24, 2.45) is 0 Å². The molecule has 1 radical (unpaired) electrons. The molecule has 11 heavy (non-hydrogen) atoms. The van der Waals surface area contributed by atoms with E-state index in [4.69, 9.17) is 0 Å². The molecule has 0 N–H and O–H groups in total. The average Bonchev–Trinajstić information content (AvgIpc) is 1.85. The molecule has 0 saturated carbocycles. The lowest BCUT2D eigenvalue weighted by Gasteiger charge is -2.04. The van der Waals surface area contributed by atoms with Crippen LogP contribution in [0.25, 0.3) is 0 Å². The van der Waals surface area contributed by atoms with E-state index in [1.807, 2.05) is 0 Å². The van der Waals surface area contributed by atoms with Gasteiger partial charge in [-0.05, 0) is 11.6 Å². The van der Waals surface area contributed by atoms with Crippen LogP contribution in [-0.2, 0) is 6.42 Å². The van der Waals surface area contributed by atoms with Crippen molar-refractivity contribution in [1.29, 1.82) is 0 Å². The molecular weight excluding hydrogens is 153 g/mol. The van der Waals surface area contributed by atoms with E-state index in [-0.39, 0.29) is 5.56 Å². The van der Waals surface area contributed by atoms with Crippen molar-refractivity contribution in [3.8, 4) is 0 Å². The van der Waals surface area contributed by atoms with Crippen molar-refractivity contribution in [3.05, 3.63) is 35.9 Å². The molecule has 1 aromatic carbocycles. The minimum Gasteiger partial charge on any atom is -0.171 e. The lowest BCUT2D eigenvalue weighted by molar-refractivity contribution is -0.127. The van der Waals surface area contributed by atoms with Gasteiger partial charge in [-0.2, -0.15) is 13.2 Å². The van der Waals surface area contributed by atoms with Gasteiger partial charge in [-0.25, -0.2) is 0 Å². The van der Waals surface area contributed by atoms with Gasteiger partial charge < -0.3 is 0 Å². The first kappa shape index (κ1) is 8.11. The van der Waals surface area contributed by atoms with Crippen LogP contribution in [-0.4, -0.2) is 6.18 Å². The Morgan fingerprint density at radius 1 is 1.18 bits per heavy atom. The number of halogens is 3. The highest BCUT2D eigenvalue weighted by molar-refractivity contribution is 5.14. The Kier molecular flexibility index (Phi) is 2.17. The summed E-state index contributed by atoms with van der Waals surface area (Å²) in [5, 5.41) is 0. The summed E-state index contributed by atoms with van der Waals surface area (Å²) in [6, 6.07) is 8.42. The quantitative estimate of drug-likeness (QED) is 0.590. The Hall–Kier alpha value is -0.990. The third kappa shape index (κ3) is 3.07. The number of hydrogen-bond donors (Lipinski definition) is 0. The van der Waals surface area contributed by atoms with Crippen molar-refractivity contribution in [1.82, 2.24) is 0 Å². The first-order valence-corrected chi connectivity index (χ1v) is 3.10. The topological polar surface area (TPSA) is 0 Å². The minimum atomic E-state index is -4.11. The first-order chi connectivity index (χ1) is 5.08. The van der Waals surface area contributed by atoms with E-state index in [0.717, 1.165) is 0 Å². The van der Waals surface area contributed by atoms with Crippen LogP contribution in [0.15, 0.2) is 24.3 Å². The summed E-state index contributed by atoms with van der Waals surface area (Å²) in [4.78, 5) is 0. The second kappa shape index (κ2) is 2.95. The van der Waals surface area contributed by atoms with Crippen molar-refractivity contribution in [2.75, 3.05) is 0 Å². The number of alkyl halides is 3. The van der Waals surface area contributed by atoms with Gasteiger partial charge in [0.15, 0.2) is 0 Å².